The third-order valence-electron chi connectivity index (χ3n) is 0.668. The maximum atomic E-state index is 10.4. The Bertz CT molecular complexity index is 242. The Labute approximate surface area is 64.4 Å². The summed E-state index contributed by atoms with van der Waals surface area (Å²) < 4.78 is 24.4. The molecule has 0 spiro atoms. The van der Waals surface area contributed by atoms with E-state index >= 15 is 0 Å². The largest absolute Gasteiger partial charge is 0.239 e. The summed E-state index contributed by atoms with van der Waals surface area (Å²) in [6, 6.07) is 0. The zero-order valence-corrected chi connectivity index (χ0v) is 7.08. The highest BCUT2D eigenvalue weighted by Crippen LogP contribution is 1.97. The van der Waals surface area contributed by atoms with Gasteiger partial charge in [0, 0.05) is 6.26 Å². The van der Waals surface area contributed by atoms with E-state index in [1.807, 2.05) is 0 Å². The van der Waals surface area contributed by atoms with E-state index in [0.717, 1.165) is 18.2 Å². The minimum Gasteiger partial charge on any atom is -0.225 e. The molecule has 0 rings (SSSR count). The Kier molecular flexibility index (Phi) is 3.62. The summed E-state index contributed by atoms with van der Waals surface area (Å²) in [7, 11) is -3.63. The molecule has 0 aliphatic heterocycles. The quantitative estimate of drug-likeness (QED) is 0.496. The van der Waals surface area contributed by atoms with Gasteiger partial charge in [0.05, 0.1) is 11.1 Å². The van der Waals surface area contributed by atoms with Gasteiger partial charge in [-0.2, -0.15) is 0 Å². The lowest BCUT2D eigenvalue weighted by Crippen LogP contribution is -2.14. The molecular formula is C4H8N2O2S2. The van der Waals surface area contributed by atoms with Crippen molar-refractivity contribution in [3.05, 3.63) is 11.5 Å². The first kappa shape index (κ1) is 9.67. The second kappa shape index (κ2) is 3.75. The molecule has 2 N–H and O–H groups in total. The van der Waals surface area contributed by atoms with E-state index in [1.165, 1.54) is 0 Å². The molecule has 0 amide bonds. The number of rotatable bonds is 3. The molecule has 0 saturated heterocycles. The van der Waals surface area contributed by atoms with Crippen LogP contribution in [0.1, 0.15) is 0 Å². The normalized spacial score (nSPS) is 12.2. The van der Waals surface area contributed by atoms with Gasteiger partial charge in [-0.1, -0.05) is 6.58 Å². The highest BCUT2D eigenvalue weighted by atomic mass is 32.2. The number of allylic oxidation sites excluding steroid dienone is 1. The Morgan fingerprint density at radius 3 is 2.60 bits per heavy atom. The fourth-order valence-corrected chi connectivity index (χ4v) is 0.684. The zero-order chi connectivity index (χ0) is 8.20. The number of nitrogens with two attached hydrogens (primary N) is 1. The average molecular weight is 180 g/mol. The van der Waals surface area contributed by atoms with E-state index in [4.69, 9.17) is 5.14 Å². The molecule has 4 nitrogen and oxygen atoms in total. The summed E-state index contributed by atoms with van der Waals surface area (Å²) in [6.45, 7) is 3.19. The van der Waals surface area contributed by atoms with E-state index < -0.39 is 10.0 Å². The molecule has 0 heterocycles. The minimum absolute atomic E-state index is 0.179. The van der Waals surface area contributed by atoms with Crippen molar-refractivity contribution in [3.8, 4) is 0 Å². The summed E-state index contributed by atoms with van der Waals surface area (Å²) in [6.07, 6.45) is 2.81. The first-order chi connectivity index (χ1) is 4.48. The van der Waals surface area contributed by atoms with Crippen LogP contribution in [0, 0.1) is 0 Å². The van der Waals surface area contributed by atoms with Crippen molar-refractivity contribution in [2.45, 2.75) is 0 Å². The Hall–Kier alpha value is -0.330. The molecule has 0 atom stereocenters. The van der Waals surface area contributed by atoms with Crippen molar-refractivity contribution >= 4 is 28.2 Å². The van der Waals surface area contributed by atoms with Gasteiger partial charge in [0.1, 0.15) is 0 Å². The average Bonchev–Trinajstić information content (AvgIpc) is 1.80. The molecule has 0 saturated carbocycles. The molecule has 0 aliphatic rings. The van der Waals surface area contributed by atoms with Crippen LogP contribution in [0.15, 0.2) is 15.9 Å². The first-order valence-electron chi connectivity index (χ1n) is 2.26. The smallest absolute Gasteiger partial charge is 0.225 e. The van der Waals surface area contributed by atoms with Crippen molar-refractivity contribution in [2.75, 3.05) is 6.26 Å². The summed E-state index contributed by atoms with van der Waals surface area (Å²) in [4.78, 5) is -0.179. The zero-order valence-electron chi connectivity index (χ0n) is 5.44. The molecule has 0 unspecified atom stereocenters. The highest BCUT2D eigenvalue weighted by Gasteiger charge is 2.04. The lowest BCUT2D eigenvalue weighted by atomic mass is 10.7. The monoisotopic (exact) mass is 180 g/mol. The Morgan fingerprint density at radius 2 is 2.30 bits per heavy atom. The van der Waals surface area contributed by atoms with Gasteiger partial charge >= 0.3 is 0 Å². The molecule has 0 radical (unpaired) electrons. The molecule has 0 aromatic rings. The van der Waals surface area contributed by atoms with E-state index in [1.54, 1.807) is 6.26 Å². The molecule has 0 aliphatic carbocycles. The van der Waals surface area contributed by atoms with Crippen LogP contribution in [-0.2, 0) is 10.0 Å². The molecule has 0 bridgehead atoms. The van der Waals surface area contributed by atoms with Gasteiger partial charge in [-0.25, -0.2) is 18.0 Å². The topological polar surface area (TPSA) is 72.5 Å². The van der Waals surface area contributed by atoms with Crippen molar-refractivity contribution in [2.24, 2.45) is 9.54 Å². The number of hydrogen-bond acceptors (Lipinski definition) is 4. The molecule has 0 aromatic heterocycles. The SMILES string of the molecule is C=C(/C=N\SC)S(N)(=O)=O. The molecule has 58 valence electrons. The maximum absolute atomic E-state index is 10.4. The number of nitrogens with zero attached hydrogens (tertiary/aromatic N) is 1. The van der Waals surface area contributed by atoms with Crippen molar-refractivity contribution in [1.29, 1.82) is 0 Å². The minimum atomic E-state index is -3.63. The number of sulfonamides is 1. The van der Waals surface area contributed by atoms with Crippen LogP contribution in [-0.4, -0.2) is 20.9 Å². The van der Waals surface area contributed by atoms with Crippen LogP contribution in [0.5, 0.6) is 0 Å². The van der Waals surface area contributed by atoms with Crippen LogP contribution >= 0.6 is 11.9 Å². The van der Waals surface area contributed by atoms with Crippen LogP contribution in [0.25, 0.3) is 0 Å². The van der Waals surface area contributed by atoms with Crippen LogP contribution in [0.4, 0.5) is 0 Å². The number of hydrogen-bond donors (Lipinski definition) is 1. The fraction of sp³-hybridized carbons (Fsp3) is 0.250. The third-order valence-corrected chi connectivity index (χ3v) is 1.82. The molecule has 0 fully saturated rings. The third kappa shape index (κ3) is 3.65. The molecule has 0 aromatic carbocycles. The molecule has 6 heteroatoms. The molecular weight excluding hydrogens is 172 g/mol. The highest BCUT2D eigenvalue weighted by molar-refractivity contribution is 7.97. The summed E-state index contributed by atoms with van der Waals surface area (Å²) in [5.74, 6) is 0. The molecule has 10 heavy (non-hydrogen) atoms. The van der Waals surface area contributed by atoms with Crippen molar-refractivity contribution < 1.29 is 8.42 Å². The van der Waals surface area contributed by atoms with Gasteiger partial charge in [0.25, 0.3) is 0 Å². The second-order valence-corrected chi connectivity index (χ2v) is 3.62. The fourth-order valence-electron chi connectivity index (χ4n) is 0.185. The standard InChI is InChI=1S/C4H8N2O2S2/c1-4(3-6-9-2)10(5,7)8/h3H,1H2,2H3,(H2,5,7,8)/b6-3-. The summed E-state index contributed by atoms with van der Waals surface area (Å²) >= 11 is 1.13. The van der Waals surface area contributed by atoms with Gasteiger partial charge in [-0.15, -0.1) is 0 Å². The van der Waals surface area contributed by atoms with E-state index in [-0.39, 0.29) is 4.91 Å². The summed E-state index contributed by atoms with van der Waals surface area (Å²) in [5, 5.41) is 4.69. The van der Waals surface area contributed by atoms with Gasteiger partial charge in [0.2, 0.25) is 10.0 Å². The van der Waals surface area contributed by atoms with Crippen molar-refractivity contribution in [1.82, 2.24) is 0 Å². The predicted molar refractivity (Wildman–Crippen MR) is 44.3 cm³/mol. The van der Waals surface area contributed by atoms with E-state index in [0.29, 0.717) is 0 Å². The lowest BCUT2D eigenvalue weighted by Gasteiger charge is -1.91. The van der Waals surface area contributed by atoms with Crippen molar-refractivity contribution in [3.63, 3.8) is 0 Å². The van der Waals surface area contributed by atoms with Crippen LogP contribution < -0.4 is 5.14 Å². The van der Waals surface area contributed by atoms with Crippen LogP contribution in [0.2, 0.25) is 0 Å². The van der Waals surface area contributed by atoms with Gasteiger partial charge in [-0.05, 0) is 11.9 Å². The van der Waals surface area contributed by atoms with E-state index in [2.05, 4.69) is 11.0 Å². The Morgan fingerprint density at radius 1 is 1.80 bits per heavy atom. The second-order valence-electron chi connectivity index (χ2n) is 1.43. The van der Waals surface area contributed by atoms with Gasteiger partial charge in [0.15, 0.2) is 0 Å². The number of primary sulfonamides is 1. The van der Waals surface area contributed by atoms with E-state index in [9.17, 15) is 8.42 Å². The Balaban J connectivity index is 4.28. The lowest BCUT2D eigenvalue weighted by molar-refractivity contribution is 0.605. The maximum Gasteiger partial charge on any atom is 0.239 e. The summed E-state index contributed by atoms with van der Waals surface area (Å²) in [5.41, 5.74) is 0. The van der Waals surface area contributed by atoms with Crippen LogP contribution in [0.3, 0.4) is 0 Å². The predicted octanol–water partition coefficient (Wildman–Crippen LogP) is 0.137. The van der Waals surface area contributed by atoms with Gasteiger partial charge in [-0.3, -0.25) is 0 Å². The first-order valence-corrected chi connectivity index (χ1v) is 4.99. The van der Waals surface area contributed by atoms with Gasteiger partial charge < -0.3 is 0 Å².